The molecule has 2 atom stereocenters. The molecule has 1 unspecified atom stereocenters. The van der Waals surface area contributed by atoms with Gasteiger partial charge in [0.15, 0.2) is 6.54 Å². The standard InChI is InChI=1S/C14H19FN2O/c1-11-4-3-7-17(9-11)10-14(18)16-13-6-2-5-12(15)8-13/h2,5-6,8,11H,3-4,7,9-10H2,1H3,(H,16,18)/p+1/t11-/m0/s1. The van der Waals surface area contributed by atoms with E-state index < -0.39 is 0 Å². The molecule has 18 heavy (non-hydrogen) atoms. The SMILES string of the molecule is C[C@H]1CCC[NH+](CC(=O)Nc2cccc(F)c2)C1. The lowest BCUT2D eigenvalue weighted by Crippen LogP contribution is -3.14. The van der Waals surface area contributed by atoms with Crippen molar-refractivity contribution < 1.29 is 14.1 Å². The van der Waals surface area contributed by atoms with Gasteiger partial charge in [0.2, 0.25) is 0 Å². The normalized spacial score (nSPS) is 23.7. The van der Waals surface area contributed by atoms with Crippen molar-refractivity contribution in [3.8, 4) is 0 Å². The van der Waals surface area contributed by atoms with Gasteiger partial charge in [0.1, 0.15) is 5.82 Å². The molecule has 2 N–H and O–H groups in total. The summed E-state index contributed by atoms with van der Waals surface area (Å²) >= 11 is 0. The van der Waals surface area contributed by atoms with Crippen LogP contribution in [0.5, 0.6) is 0 Å². The number of benzene rings is 1. The van der Waals surface area contributed by atoms with Crippen molar-refractivity contribution in [2.45, 2.75) is 19.8 Å². The average molecular weight is 251 g/mol. The Morgan fingerprint density at radius 3 is 3.11 bits per heavy atom. The second kappa shape index (κ2) is 5.96. The molecule has 0 spiro atoms. The minimum absolute atomic E-state index is 0.0373. The molecule has 1 fully saturated rings. The first kappa shape index (κ1) is 13.0. The van der Waals surface area contributed by atoms with Gasteiger partial charge in [0, 0.05) is 11.6 Å². The Kier molecular flexibility index (Phi) is 4.31. The minimum Gasteiger partial charge on any atom is -0.327 e. The molecule has 1 amide bonds. The van der Waals surface area contributed by atoms with E-state index in [0.29, 0.717) is 18.2 Å². The van der Waals surface area contributed by atoms with E-state index in [4.69, 9.17) is 0 Å². The van der Waals surface area contributed by atoms with Crippen molar-refractivity contribution in [3.05, 3.63) is 30.1 Å². The number of carbonyl (C=O) groups excluding carboxylic acids is 1. The lowest BCUT2D eigenvalue weighted by molar-refractivity contribution is -0.900. The molecule has 0 bridgehead atoms. The van der Waals surface area contributed by atoms with Gasteiger partial charge in [0.25, 0.3) is 5.91 Å². The molecule has 0 aromatic heterocycles. The maximum absolute atomic E-state index is 13.0. The van der Waals surface area contributed by atoms with Crippen LogP contribution >= 0.6 is 0 Å². The molecule has 1 saturated heterocycles. The molecule has 0 aliphatic carbocycles. The fraction of sp³-hybridized carbons (Fsp3) is 0.500. The first-order valence-electron chi connectivity index (χ1n) is 6.52. The summed E-state index contributed by atoms with van der Waals surface area (Å²) in [5.74, 6) is 0.326. The number of quaternary nitrogens is 1. The van der Waals surface area contributed by atoms with Gasteiger partial charge in [-0.3, -0.25) is 4.79 Å². The molecule has 2 rings (SSSR count). The highest BCUT2D eigenvalue weighted by atomic mass is 19.1. The summed E-state index contributed by atoms with van der Waals surface area (Å²) in [6.07, 6.45) is 2.44. The number of hydrogen-bond donors (Lipinski definition) is 2. The first-order valence-corrected chi connectivity index (χ1v) is 6.52. The summed E-state index contributed by atoms with van der Waals surface area (Å²) in [5, 5.41) is 2.75. The van der Waals surface area contributed by atoms with Gasteiger partial charge in [-0.05, 0) is 31.0 Å². The highest BCUT2D eigenvalue weighted by Crippen LogP contribution is 2.08. The molecule has 0 radical (unpaired) electrons. The monoisotopic (exact) mass is 251 g/mol. The molecule has 0 saturated carbocycles. The quantitative estimate of drug-likeness (QED) is 0.828. The Labute approximate surface area is 107 Å². The van der Waals surface area contributed by atoms with Crippen molar-refractivity contribution in [2.75, 3.05) is 25.0 Å². The summed E-state index contributed by atoms with van der Waals surface area (Å²) in [4.78, 5) is 13.2. The van der Waals surface area contributed by atoms with Crippen LogP contribution in [-0.2, 0) is 4.79 Å². The van der Waals surface area contributed by atoms with Crippen molar-refractivity contribution in [2.24, 2.45) is 5.92 Å². The van der Waals surface area contributed by atoms with E-state index in [1.165, 1.54) is 29.9 Å². The summed E-state index contributed by atoms with van der Waals surface area (Å²) in [6, 6.07) is 6.01. The van der Waals surface area contributed by atoms with Crippen molar-refractivity contribution >= 4 is 11.6 Å². The number of piperidine rings is 1. The number of rotatable bonds is 3. The average Bonchev–Trinajstić information content (AvgIpc) is 2.28. The zero-order valence-corrected chi connectivity index (χ0v) is 10.7. The van der Waals surface area contributed by atoms with Crippen LogP contribution in [-0.4, -0.2) is 25.5 Å². The molecule has 3 nitrogen and oxygen atoms in total. The van der Waals surface area contributed by atoms with E-state index in [0.717, 1.165) is 13.1 Å². The topological polar surface area (TPSA) is 33.5 Å². The van der Waals surface area contributed by atoms with Gasteiger partial charge < -0.3 is 10.2 Å². The number of nitrogens with one attached hydrogen (secondary N) is 2. The molecule has 1 heterocycles. The number of hydrogen-bond acceptors (Lipinski definition) is 1. The van der Waals surface area contributed by atoms with Crippen molar-refractivity contribution in [1.82, 2.24) is 0 Å². The summed E-state index contributed by atoms with van der Waals surface area (Å²) < 4.78 is 13.0. The Bertz CT molecular complexity index is 422. The third-order valence-electron chi connectivity index (χ3n) is 3.38. The van der Waals surface area contributed by atoms with Crippen LogP contribution in [0.4, 0.5) is 10.1 Å². The van der Waals surface area contributed by atoms with Crippen LogP contribution in [0.3, 0.4) is 0 Å². The first-order chi connectivity index (χ1) is 8.63. The molecule has 1 aromatic rings. The second-order valence-electron chi connectivity index (χ2n) is 5.19. The van der Waals surface area contributed by atoms with E-state index in [1.54, 1.807) is 12.1 Å². The molecular weight excluding hydrogens is 231 g/mol. The lowest BCUT2D eigenvalue weighted by atomic mass is 10.0. The predicted molar refractivity (Wildman–Crippen MR) is 69.0 cm³/mol. The highest BCUT2D eigenvalue weighted by Gasteiger charge is 2.21. The van der Waals surface area contributed by atoms with Gasteiger partial charge in [-0.1, -0.05) is 13.0 Å². The molecule has 1 aromatic carbocycles. The highest BCUT2D eigenvalue weighted by molar-refractivity contribution is 5.91. The van der Waals surface area contributed by atoms with Gasteiger partial charge in [-0.25, -0.2) is 4.39 Å². The number of carbonyl (C=O) groups is 1. The summed E-state index contributed by atoms with van der Waals surface area (Å²) in [7, 11) is 0. The second-order valence-corrected chi connectivity index (χ2v) is 5.19. The molecule has 1 aliphatic rings. The minimum atomic E-state index is -0.327. The molecule has 98 valence electrons. The largest absolute Gasteiger partial charge is 0.327 e. The maximum atomic E-state index is 13.0. The van der Waals surface area contributed by atoms with Crippen molar-refractivity contribution in [1.29, 1.82) is 0 Å². The van der Waals surface area contributed by atoms with Crippen LogP contribution in [0.1, 0.15) is 19.8 Å². The maximum Gasteiger partial charge on any atom is 0.279 e. The van der Waals surface area contributed by atoms with Crippen molar-refractivity contribution in [3.63, 3.8) is 0 Å². The van der Waals surface area contributed by atoms with Crippen LogP contribution in [0.2, 0.25) is 0 Å². The smallest absolute Gasteiger partial charge is 0.279 e. The Hall–Kier alpha value is -1.42. The van der Waals surface area contributed by atoms with Gasteiger partial charge in [-0.2, -0.15) is 0 Å². The third-order valence-corrected chi connectivity index (χ3v) is 3.38. The number of anilines is 1. The molecule has 4 heteroatoms. The van der Waals surface area contributed by atoms with Gasteiger partial charge in [0.05, 0.1) is 13.1 Å². The summed E-state index contributed by atoms with van der Waals surface area (Å²) in [5.41, 5.74) is 0.532. The van der Waals surface area contributed by atoms with E-state index in [-0.39, 0.29) is 11.7 Å². The summed E-state index contributed by atoms with van der Waals surface area (Å²) in [6.45, 7) is 4.81. The van der Waals surface area contributed by atoms with Crippen LogP contribution in [0.15, 0.2) is 24.3 Å². The number of likely N-dealkylation sites (tertiary alicyclic amines) is 1. The van der Waals surface area contributed by atoms with E-state index in [1.807, 2.05) is 0 Å². The number of halogens is 1. The van der Waals surface area contributed by atoms with Crippen LogP contribution < -0.4 is 10.2 Å². The molecule has 1 aliphatic heterocycles. The third kappa shape index (κ3) is 3.81. The zero-order chi connectivity index (χ0) is 13.0. The van der Waals surface area contributed by atoms with Crippen LogP contribution in [0, 0.1) is 11.7 Å². The fourth-order valence-electron chi connectivity index (χ4n) is 2.56. The zero-order valence-electron chi connectivity index (χ0n) is 10.7. The lowest BCUT2D eigenvalue weighted by Gasteiger charge is -2.27. The van der Waals surface area contributed by atoms with E-state index >= 15 is 0 Å². The fourth-order valence-corrected chi connectivity index (χ4v) is 2.56. The molecular formula is C14H20FN2O+. The van der Waals surface area contributed by atoms with E-state index in [9.17, 15) is 9.18 Å². The van der Waals surface area contributed by atoms with Gasteiger partial charge in [-0.15, -0.1) is 0 Å². The Balaban J connectivity index is 1.85. The Morgan fingerprint density at radius 2 is 2.39 bits per heavy atom. The van der Waals surface area contributed by atoms with E-state index in [2.05, 4.69) is 12.2 Å². The Morgan fingerprint density at radius 1 is 1.56 bits per heavy atom. The number of amides is 1. The predicted octanol–water partition coefficient (Wildman–Crippen LogP) is 1.08. The van der Waals surface area contributed by atoms with Crippen LogP contribution in [0.25, 0.3) is 0 Å². The van der Waals surface area contributed by atoms with Gasteiger partial charge >= 0.3 is 0 Å².